The van der Waals surface area contributed by atoms with Gasteiger partial charge in [-0.2, -0.15) is 0 Å². The molecule has 0 aromatic rings. The summed E-state index contributed by atoms with van der Waals surface area (Å²) in [6.07, 6.45) is 0. The summed E-state index contributed by atoms with van der Waals surface area (Å²) in [5, 5.41) is 2.97. The maximum atomic E-state index is 11.5. The molecule has 0 bridgehead atoms. The Morgan fingerprint density at radius 2 is 1.93 bits per heavy atom. The summed E-state index contributed by atoms with van der Waals surface area (Å²) >= 11 is 0. The van der Waals surface area contributed by atoms with Gasteiger partial charge in [-0.1, -0.05) is 0 Å². The normalized spacial score (nSPS) is 36.1. The number of rotatable bonds is 4. The lowest BCUT2D eigenvalue weighted by Crippen LogP contribution is -2.33. The van der Waals surface area contributed by atoms with E-state index in [1.54, 1.807) is 13.8 Å². The third-order valence-corrected chi connectivity index (χ3v) is 5.22. The molecule has 2 N–H and O–H groups in total. The molecule has 0 aromatic heterocycles. The van der Waals surface area contributed by atoms with Gasteiger partial charge in [-0.25, -0.2) is 13.1 Å². The van der Waals surface area contributed by atoms with E-state index >= 15 is 0 Å². The minimum Gasteiger partial charge on any atom is -0.316 e. The molecule has 1 heterocycles. The predicted molar refractivity (Wildman–Crippen MR) is 55.4 cm³/mol. The lowest BCUT2D eigenvalue weighted by molar-refractivity contribution is 0.547. The van der Waals surface area contributed by atoms with Crippen LogP contribution in [0.1, 0.15) is 13.8 Å². The van der Waals surface area contributed by atoms with E-state index in [2.05, 4.69) is 10.0 Å². The molecule has 0 aromatic carbocycles. The van der Waals surface area contributed by atoms with Crippen molar-refractivity contribution in [3.8, 4) is 0 Å². The van der Waals surface area contributed by atoms with Gasteiger partial charge in [-0.05, 0) is 44.7 Å². The zero-order valence-corrected chi connectivity index (χ0v) is 9.47. The summed E-state index contributed by atoms with van der Waals surface area (Å²) in [5.41, 5.74) is 0. The molecule has 4 nitrogen and oxygen atoms in total. The first-order chi connectivity index (χ1) is 6.52. The standard InChI is InChI=1S/C9H18N2O2S/c1-6(2)14(12,13)11-5-9-7-3-10-4-8(7)9/h6-11H,3-5H2,1-2H3. The van der Waals surface area contributed by atoms with Crippen LogP contribution in [0.25, 0.3) is 0 Å². The second kappa shape index (κ2) is 3.47. The minimum atomic E-state index is -3.05. The molecule has 2 rings (SSSR count). The molecule has 14 heavy (non-hydrogen) atoms. The van der Waals surface area contributed by atoms with E-state index < -0.39 is 10.0 Å². The van der Waals surface area contributed by atoms with Gasteiger partial charge in [0.1, 0.15) is 0 Å². The smallest absolute Gasteiger partial charge is 0.213 e. The number of fused-ring (bicyclic) bond motifs is 1. The van der Waals surface area contributed by atoms with E-state index in [-0.39, 0.29) is 5.25 Å². The van der Waals surface area contributed by atoms with Crippen molar-refractivity contribution in [1.82, 2.24) is 10.0 Å². The Morgan fingerprint density at radius 1 is 1.36 bits per heavy atom. The molecule has 0 radical (unpaired) electrons. The van der Waals surface area contributed by atoms with Crippen LogP contribution in [0.4, 0.5) is 0 Å². The van der Waals surface area contributed by atoms with Crippen LogP contribution in [0.3, 0.4) is 0 Å². The molecular weight excluding hydrogens is 200 g/mol. The zero-order valence-electron chi connectivity index (χ0n) is 8.66. The lowest BCUT2D eigenvalue weighted by atomic mass is 10.3. The van der Waals surface area contributed by atoms with Gasteiger partial charge in [-0.3, -0.25) is 0 Å². The number of sulfonamides is 1. The Kier molecular flexibility index (Phi) is 2.57. The molecule has 2 aliphatic rings. The Morgan fingerprint density at radius 3 is 2.43 bits per heavy atom. The highest BCUT2D eigenvalue weighted by atomic mass is 32.2. The average molecular weight is 218 g/mol. The summed E-state index contributed by atoms with van der Waals surface area (Å²) in [5.74, 6) is 2.04. The van der Waals surface area contributed by atoms with Crippen molar-refractivity contribution in [3.63, 3.8) is 0 Å². The number of nitrogens with one attached hydrogen (secondary N) is 2. The topological polar surface area (TPSA) is 58.2 Å². The minimum absolute atomic E-state index is 0.320. The van der Waals surface area contributed by atoms with Crippen LogP contribution in [-0.2, 0) is 10.0 Å². The van der Waals surface area contributed by atoms with Crippen molar-refractivity contribution < 1.29 is 8.42 Å². The maximum Gasteiger partial charge on any atom is 0.213 e. The molecule has 1 aliphatic carbocycles. The van der Waals surface area contributed by atoms with E-state index in [1.807, 2.05) is 0 Å². The van der Waals surface area contributed by atoms with Gasteiger partial charge in [0.25, 0.3) is 0 Å². The van der Waals surface area contributed by atoms with Crippen LogP contribution >= 0.6 is 0 Å². The fourth-order valence-electron chi connectivity index (χ4n) is 2.23. The van der Waals surface area contributed by atoms with Gasteiger partial charge in [-0.15, -0.1) is 0 Å². The van der Waals surface area contributed by atoms with Crippen molar-refractivity contribution >= 4 is 10.0 Å². The third-order valence-electron chi connectivity index (χ3n) is 3.41. The fourth-order valence-corrected chi connectivity index (χ4v) is 2.99. The highest BCUT2D eigenvalue weighted by molar-refractivity contribution is 7.90. The molecule has 1 aliphatic heterocycles. The second-order valence-electron chi connectivity index (χ2n) is 4.59. The van der Waals surface area contributed by atoms with Gasteiger partial charge in [0.05, 0.1) is 5.25 Å². The van der Waals surface area contributed by atoms with Crippen LogP contribution in [0.2, 0.25) is 0 Å². The van der Waals surface area contributed by atoms with E-state index in [0.717, 1.165) is 24.9 Å². The van der Waals surface area contributed by atoms with E-state index in [9.17, 15) is 8.42 Å². The summed E-state index contributed by atoms with van der Waals surface area (Å²) in [6, 6.07) is 0. The first-order valence-electron chi connectivity index (χ1n) is 5.21. The van der Waals surface area contributed by atoms with Crippen molar-refractivity contribution in [2.24, 2.45) is 17.8 Å². The quantitative estimate of drug-likeness (QED) is 0.686. The van der Waals surface area contributed by atoms with Gasteiger partial charge < -0.3 is 5.32 Å². The second-order valence-corrected chi connectivity index (χ2v) is 6.91. The molecule has 1 saturated heterocycles. The summed E-state index contributed by atoms with van der Waals surface area (Å²) in [6.45, 7) is 6.18. The molecule has 1 saturated carbocycles. The van der Waals surface area contributed by atoms with E-state index in [1.165, 1.54) is 0 Å². The van der Waals surface area contributed by atoms with Gasteiger partial charge in [0.2, 0.25) is 10.0 Å². The molecule has 0 amide bonds. The SMILES string of the molecule is CC(C)S(=O)(=O)NCC1C2CNCC21. The summed E-state index contributed by atoms with van der Waals surface area (Å²) in [7, 11) is -3.05. The summed E-state index contributed by atoms with van der Waals surface area (Å²) in [4.78, 5) is 0. The van der Waals surface area contributed by atoms with Crippen molar-refractivity contribution in [3.05, 3.63) is 0 Å². The zero-order chi connectivity index (χ0) is 10.3. The first kappa shape index (κ1) is 10.4. The van der Waals surface area contributed by atoms with Crippen molar-refractivity contribution in [2.75, 3.05) is 19.6 Å². The average Bonchev–Trinajstić information content (AvgIpc) is 2.57. The lowest BCUT2D eigenvalue weighted by Gasteiger charge is -2.10. The Labute approximate surface area is 85.5 Å². The largest absolute Gasteiger partial charge is 0.316 e. The van der Waals surface area contributed by atoms with Crippen molar-refractivity contribution in [1.29, 1.82) is 0 Å². The van der Waals surface area contributed by atoms with Gasteiger partial charge >= 0.3 is 0 Å². The molecule has 2 unspecified atom stereocenters. The number of hydrogen-bond donors (Lipinski definition) is 2. The summed E-state index contributed by atoms with van der Waals surface area (Å²) < 4.78 is 25.6. The fraction of sp³-hybridized carbons (Fsp3) is 1.00. The predicted octanol–water partition coefficient (Wildman–Crippen LogP) is -0.220. The highest BCUT2D eigenvalue weighted by Crippen LogP contribution is 2.48. The Hall–Kier alpha value is -0.130. The number of piperidine rings is 1. The van der Waals surface area contributed by atoms with Crippen molar-refractivity contribution in [2.45, 2.75) is 19.1 Å². The molecular formula is C9H18N2O2S. The highest BCUT2D eigenvalue weighted by Gasteiger charge is 2.52. The van der Waals surface area contributed by atoms with Crippen LogP contribution in [0.15, 0.2) is 0 Å². The third kappa shape index (κ3) is 1.81. The first-order valence-corrected chi connectivity index (χ1v) is 6.76. The molecule has 0 spiro atoms. The van der Waals surface area contributed by atoms with Gasteiger partial charge in [0, 0.05) is 6.54 Å². The molecule has 5 heteroatoms. The van der Waals surface area contributed by atoms with Crippen LogP contribution < -0.4 is 10.0 Å². The molecule has 82 valence electrons. The van der Waals surface area contributed by atoms with Crippen LogP contribution in [0, 0.1) is 17.8 Å². The molecule has 2 fully saturated rings. The van der Waals surface area contributed by atoms with Crippen LogP contribution in [0.5, 0.6) is 0 Å². The monoisotopic (exact) mass is 218 g/mol. The maximum absolute atomic E-state index is 11.5. The van der Waals surface area contributed by atoms with E-state index in [0.29, 0.717) is 12.5 Å². The number of hydrogen-bond acceptors (Lipinski definition) is 3. The van der Waals surface area contributed by atoms with E-state index in [4.69, 9.17) is 0 Å². The molecule has 2 atom stereocenters. The van der Waals surface area contributed by atoms with Gasteiger partial charge in [0.15, 0.2) is 0 Å². The Balaban J connectivity index is 1.79. The Bertz CT molecular complexity index is 303. The van der Waals surface area contributed by atoms with Crippen LogP contribution in [-0.4, -0.2) is 33.3 Å².